The summed E-state index contributed by atoms with van der Waals surface area (Å²) >= 11 is 0. The zero-order valence-electron chi connectivity index (χ0n) is 15.0. The third kappa shape index (κ3) is 4.56. The van der Waals surface area contributed by atoms with E-state index in [2.05, 4.69) is 14.9 Å². The molecule has 1 aromatic rings. The molecular formula is C17H29N5O2. The Kier molecular flexibility index (Phi) is 6.78. The first kappa shape index (κ1) is 18.4. The Balaban J connectivity index is 2.05. The van der Waals surface area contributed by atoms with Crippen molar-refractivity contribution >= 4 is 17.5 Å². The zero-order valence-corrected chi connectivity index (χ0v) is 15.0. The number of piperidine rings is 1. The summed E-state index contributed by atoms with van der Waals surface area (Å²) < 4.78 is 0. The first-order chi connectivity index (χ1) is 11.6. The Morgan fingerprint density at radius 3 is 2.79 bits per heavy atom. The lowest BCUT2D eigenvalue weighted by Gasteiger charge is -2.33. The lowest BCUT2D eigenvalue weighted by atomic mass is 9.99. The third-order valence-corrected chi connectivity index (χ3v) is 4.62. The zero-order chi connectivity index (χ0) is 17.5. The van der Waals surface area contributed by atoms with Gasteiger partial charge >= 0.3 is 0 Å². The highest BCUT2D eigenvalue weighted by Crippen LogP contribution is 2.23. The molecule has 0 bridgehead atoms. The molecular weight excluding hydrogens is 306 g/mol. The summed E-state index contributed by atoms with van der Waals surface area (Å²) in [5.74, 6) is 2.01. The first-order valence-corrected chi connectivity index (χ1v) is 8.75. The van der Waals surface area contributed by atoms with E-state index < -0.39 is 0 Å². The van der Waals surface area contributed by atoms with Crippen molar-refractivity contribution < 1.29 is 9.90 Å². The molecule has 1 atom stereocenters. The molecule has 1 amide bonds. The average molecular weight is 335 g/mol. The maximum Gasteiger partial charge on any atom is 0.242 e. The second-order valence-corrected chi connectivity index (χ2v) is 6.29. The van der Waals surface area contributed by atoms with E-state index in [9.17, 15) is 9.90 Å². The van der Waals surface area contributed by atoms with Gasteiger partial charge in [-0.15, -0.1) is 0 Å². The Morgan fingerprint density at radius 1 is 1.38 bits per heavy atom. The second kappa shape index (κ2) is 8.82. The fraction of sp³-hybridized carbons (Fsp3) is 0.706. The van der Waals surface area contributed by atoms with Gasteiger partial charge in [0.2, 0.25) is 5.91 Å². The maximum atomic E-state index is 12.3. The minimum Gasteiger partial charge on any atom is -0.396 e. The predicted octanol–water partition coefficient (Wildman–Crippen LogP) is 0.990. The van der Waals surface area contributed by atoms with E-state index in [-0.39, 0.29) is 12.5 Å². The highest BCUT2D eigenvalue weighted by molar-refractivity contribution is 5.81. The monoisotopic (exact) mass is 335 g/mol. The minimum atomic E-state index is 0.0981. The van der Waals surface area contributed by atoms with Gasteiger partial charge in [-0.2, -0.15) is 0 Å². The molecule has 0 aliphatic carbocycles. The van der Waals surface area contributed by atoms with Crippen LogP contribution >= 0.6 is 0 Å². The number of rotatable bonds is 7. The van der Waals surface area contributed by atoms with Crippen LogP contribution in [0.4, 0.5) is 11.6 Å². The highest BCUT2D eigenvalue weighted by Gasteiger charge is 2.21. The van der Waals surface area contributed by atoms with Crippen LogP contribution in [0.1, 0.15) is 26.7 Å². The number of hydrogen-bond donors (Lipinski definition) is 1. The van der Waals surface area contributed by atoms with Crippen LogP contribution in [0.3, 0.4) is 0 Å². The van der Waals surface area contributed by atoms with Crippen LogP contribution in [0, 0.1) is 5.92 Å². The van der Waals surface area contributed by atoms with Crippen LogP contribution in [0.2, 0.25) is 0 Å². The van der Waals surface area contributed by atoms with Crippen molar-refractivity contribution in [3.63, 3.8) is 0 Å². The van der Waals surface area contributed by atoms with Gasteiger partial charge in [-0.25, -0.2) is 9.97 Å². The summed E-state index contributed by atoms with van der Waals surface area (Å²) in [7, 11) is 1.88. The number of carbonyl (C=O) groups excluding carboxylic acids is 1. The summed E-state index contributed by atoms with van der Waals surface area (Å²) in [4.78, 5) is 26.8. The molecule has 7 nitrogen and oxygen atoms in total. The maximum absolute atomic E-state index is 12.3. The van der Waals surface area contributed by atoms with Gasteiger partial charge in [0.1, 0.15) is 18.0 Å². The topological polar surface area (TPSA) is 72.8 Å². The molecule has 0 aromatic carbocycles. The molecule has 7 heteroatoms. The molecule has 0 spiro atoms. The van der Waals surface area contributed by atoms with Crippen LogP contribution < -0.4 is 9.80 Å². The largest absolute Gasteiger partial charge is 0.396 e. The molecule has 1 aliphatic heterocycles. The molecule has 0 saturated carbocycles. The van der Waals surface area contributed by atoms with Crippen LogP contribution in [-0.2, 0) is 4.79 Å². The molecule has 1 aromatic heterocycles. The first-order valence-electron chi connectivity index (χ1n) is 8.75. The predicted molar refractivity (Wildman–Crippen MR) is 95.3 cm³/mol. The SMILES string of the molecule is CCN(CC)C(=O)CN(C)c1cc(N2CCCC(CO)C2)ncn1. The lowest BCUT2D eigenvalue weighted by Crippen LogP contribution is -2.39. The molecule has 1 aliphatic rings. The summed E-state index contributed by atoms with van der Waals surface area (Å²) in [6.07, 6.45) is 3.66. The molecule has 1 fully saturated rings. The number of hydrogen-bond acceptors (Lipinski definition) is 6. The number of aliphatic hydroxyl groups excluding tert-OH is 1. The fourth-order valence-electron chi connectivity index (χ4n) is 3.10. The van der Waals surface area contributed by atoms with Crippen LogP contribution in [0.5, 0.6) is 0 Å². The fourth-order valence-corrected chi connectivity index (χ4v) is 3.10. The van der Waals surface area contributed by atoms with Crippen LogP contribution in [-0.4, -0.2) is 72.3 Å². The summed E-state index contributed by atoms with van der Waals surface area (Å²) in [5.41, 5.74) is 0. The molecule has 0 radical (unpaired) electrons. The van der Waals surface area contributed by atoms with Crippen molar-refractivity contribution in [3.8, 4) is 0 Å². The Bertz CT molecular complexity index is 535. The van der Waals surface area contributed by atoms with Gasteiger partial charge in [-0.1, -0.05) is 0 Å². The molecule has 2 heterocycles. The summed E-state index contributed by atoms with van der Waals surface area (Å²) in [6.45, 7) is 7.67. The van der Waals surface area contributed by atoms with E-state index in [1.807, 2.05) is 36.8 Å². The molecule has 134 valence electrons. The van der Waals surface area contributed by atoms with Gasteiger partial charge in [0.15, 0.2) is 0 Å². The van der Waals surface area contributed by atoms with Crippen molar-refractivity contribution in [3.05, 3.63) is 12.4 Å². The number of likely N-dealkylation sites (N-methyl/N-ethyl adjacent to an activating group) is 2. The molecule has 1 saturated heterocycles. The second-order valence-electron chi connectivity index (χ2n) is 6.29. The molecule has 24 heavy (non-hydrogen) atoms. The van der Waals surface area contributed by atoms with Crippen molar-refractivity contribution in [2.75, 3.05) is 56.2 Å². The van der Waals surface area contributed by atoms with Crippen molar-refractivity contribution in [2.24, 2.45) is 5.92 Å². The van der Waals surface area contributed by atoms with E-state index in [4.69, 9.17) is 0 Å². The van der Waals surface area contributed by atoms with Gasteiger partial charge in [-0.3, -0.25) is 4.79 Å². The Morgan fingerprint density at radius 2 is 2.12 bits per heavy atom. The van der Waals surface area contributed by atoms with Crippen molar-refractivity contribution in [1.82, 2.24) is 14.9 Å². The van der Waals surface area contributed by atoms with Gasteiger partial charge in [0.05, 0.1) is 6.54 Å². The van der Waals surface area contributed by atoms with Crippen LogP contribution in [0.15, 0.2) is 12.4 Å². The normalized spacial score (nSPS) is 17.7. The number of aliphatic hydroxyl groups is 1. The number of carbonyl (C=O) groups is 1. The van der Waals surface area contributed by atoms with E-state index in [0.29, 0.717) is 25.6 Å². The number of nitrogens with zero attached hydrogens (tertiary/aromatic N) is 5. The number of aromatic nitrogens is 2. The summed E-state index contributed by atoms with van der Waals surface area (Å²) in [5, 5.41) is 9.39. The Labute approximate surface area is 144 Å². The van der Waals surface area contributed by atoms with Gasteiger partial charge in [0.25, 0.3) is 0 Å². The van der Waals surface area contributed by atoms with E-state index in [1.165, 1.54) is 0 Å². The minimum absolute atomic E-state index is 0.0981. The smallest absolute Gasteiger partial charge is 0.242 e. The Hall–Kier alpha value is -1.89. The summed E-state index contributed by atoms with van der Waals surface area (Å²) in [6, 6.07) is 1.93. The van der Waals surface area contributed by atoms with Crippen molar-refractivity contribution in [1.29, 1.82) is 0 Å². The van der Waals surface area contributed by atoms with Gasteiger partial charge < -0.3 is 19.8 Å². The standard InChI is InChI=1S/C17H29N5O2/c1-4-21(5-2)17(24)11-20(3)15-9-16(19-13-18-15)22-8-6-7-14(10-22)12-23/h9,13-14,23H,4-8,10-12H2,1-3H3. The van der Waals surface area contributed by atoms with E-state index in [0.717, 1.165) is 37.6 Å². The van der Waals surface area contributed by atoms with Crippen LogP contribution in [0.25, 0.3) is 0 Å². The quantitative estimate of drug-likeness (QED) is 0.801. The lowest BCUT2D eigenvalue weighted by molar-refractivity contribution is -0.129. The highest BCUT2D eigenvalue weighted by atomic mass is 16.3. The van der Waals surface area contributed by atoms with Gasteiger partial charge in [0, 0.05) is 45.9 Å². The average Bonchev–Trinajstić information content (AvgIpc) is 2.63. The molecule has 1 N–H and O–H groups in total. The van der Waals surface area contributed by atoms with E-state index >= 15 is 0 Å². The van der Waals surface area contributed by atoms with E-state index in [1.54, 1.807) is 6.33 Å². The third-order valence-electron chi connectivity index (χ3n) is 4.62. The van der Waals surface area contributed by atoms with Gasteiger partial charge in [-0.05, 0) is 32.6 Å². The molecule has 2 rings (SSSR count). The molecule has 1 unspecified atom stereocenters. The van der Waals surface area contributed by atoms with Crippen molar-refractivity contribution in [2.45, 2.75) is 26.7 Å². The number of amides is 1. The number of anilines is 2.